The predicted molar refractivity (Wildman–Crippen MR) is 166 cm³/mol. The summed E-state index contributed by atoms with van der Waals surface area (Å²) in [5, 5.41) is 11.1. The molecule has 15 heteroatoms. The minimum Gasteiger partial charge on any atom is -0.481 e. The monoisotopic (exact) mass is 698 g/mol. The molecule has 1 unspecified atom stereocenters. The average molecular weight is 699 g/mol. The van der Waals surface area contributed by atoms with E-state index in [1.165, 1.54) is 23.2 Å². The Hall–Kier alpha value is -3.88. The molecular formula is C33H36F6N4O4S. The Bertz CT molecular complexity index is 1600. The first-order valence-electron chi connectivity index (χ1n) is 15.7. The molecule has 3 aromatic rings. The number of ether oxygens (including phenoxy) is 1. The van der Waals surface area contributed by atoms with E-state index < -0.39 is 53.3 Å². The van der Waals surface area contributed by atoms with E-state index in [1.54, 1.807) is 6.20 Å². The molecule has 8 nitrogen and oxygen atoms in total. The summed E-state index contributed by atoms with van der Waals surface area (Å²) in [4.78, 5) is 38.2. The van der Waals surface area contributed by atoms with Gasteiger partial charge in [0.1, 0.15) is 11.8 Å². The van der Waals surface area contributed by atoms with Crippen molar-refractivity contribution in [2.45, 2.75) is 83.9 Å². The van der Waals surface area contributed by atoms with Crippen LogP contribution in [0.15, 0.2) is 35.8 Å². The van der Waals surface area contributed by atoms with Crippen molar-refractivity contribution >= 4 is 29.2 Å². The zero-order valence-electron chi connectivity index (χ0n) is 26.6. The van der Waals surface area contributed by atoms with Gasteiger partial charge in [-0.2, -0.15) is 26.3 Å². The highest BCUT2D eigenvalue weighted by Crippen LogP contribution is 2.42. The van der Waals surface area contributed by atoms with Crippen LogP contribution in [0.1, 0.15) is 80.0 Å². The molecule has 2 aromatic heterocycles. The molecule has 2 fully saturated rings. The van der Waals surface area contributed by atoms with Crippen molar-refractivity contribution in [2.24, 2.45) is 11.8 Å². The molecule has 0 bridgehead atoms. The largest absolute Gasteiger partial charge is 0.481 e. The van der Waals surface area contributed by atoms with Crippen molar-refractivity contribution in [1.29, 1.82) is 0 Å². The molecular weight excluding hydrogens is 662 g/mol. The van der Waals surface area contributed by atoms with Gasteiger partial charge in [0.05, 0.1) is 40.5 Å². The minimum absolute atomic E-state index is 0.0420. The molecule has 0 radical (unpaired) electrons. The number of amides is 1. The number of cyclic esters (lactones) is 1. The molecule has 1 aliphatic carbocycles. The molecule has 1 aliphatic heterocycles. The summed E-state index contributed by atoms with van der Waals surface area (Å²) in [7, 11) is 0. The van der Waals surface area contributed by atoms with Gasteiger partial charge in [-0.15, -0.1) is 11.3 Å². The zero-order valence-corrected chi connectivity index (χ0v) is 27.4. The lowest BCUT2D eigenvalue weighted by atomic mass is 9.80. The van der Waals surface area contributed by atoms with Crippen molar-refractivity contribution in [2.75, 3.05) is 18.0 Å². The van der Waals surface area contributed by atoms with Gasteiger partial charge in [-0.3, -0.25) is 9.69 Å². The van der Waals surface area contributed by atoms with Crippen molar-refractivity contribution in [3.63, 3.8) is 0 Å². The van der Waals surface area contributed by atoms with Crippen LogP contribution in [0.25, 0.3) is 10.6 Å². The van der Waals surface area contributed by atoms with Crippen LogP contribution in [0.2, 0.25) is 0 Å². The molecule has 260 valence electrons. The summed E-state index contributed by atoms with van der Waals surface area (Å²) in [6.45, 7) is 6.41. The number of carboxylic acids is 1. The number of hydrogen-bond acceptors (Lipinski definition) is 7. The average Bonchev–Trinajstić information content (AvgIpc) is 3.57. The van der Waals surface area contributed by atoms with Crippen LogP contribution in [0.5, 0.6) is 0 Å². The van der Waals surface area contributed by atoms with Gasteiger partial charge in [0.25, 0.3) is 0 Å². The lowest BCUT2D eigenvalue weighted by Crippen LogP contribution is -2.36. The number of thiophene rings is 1. The van der Waals surface area contributed by atoms with Crippen LogP contribution in [0.3, 0.4) is 0 Å². The molecule has 1 amide bonds. The van der Waals surface area contributed by atoms with Gasteiger partial charge in [0.2, 0.25) is 0 Å². The third-order valence-electron chi connectivity index (χ3n) is 9.05. The van der Waals surface area contributed by atoms with E-state index in [1.807, 2.05) is 30.2 Å². The van der Waals surface area contributed by atoms with E-state index in [2.05, 4.69) is 0 Å². The third kappa shape index (κ3) is 8.04. The van der Waals surface area contributed by atoms with Crippen molar-refractivity contribution < 1.29 is 45.8 Å². The topological polar surface area (TPSA) is 95.9 Å². The smallest absolute Gasteiger partial charge is 0.416 e. The van der Waals surface area contributed by atoms with Crippen molar-refractivity contribution in [3.8, 4) is 10.6 Å². The number of aliphatic carboxylic acids is 1. The van der Waals surface area contributed by atoms with E-state index >= 15 is 0 Å². The first-order chi connectivity index (χ1) is 22.5. The van der Waals surface area contributed by atoms with E-state index in [4.69, 9.17) is 14.7 Å². The summed E-state index contributed by atoms with van der Waals surface area (Å²) >= 11 is 1.47. The molecule has 5 rings (SSSR count). The number of carbonyl (C=O) groups excluding carboxylic acids is 1. The first-order valence-corrected chi connectivity index (χ1v) is 16.6. The number of carbonyl (C=O) groups is 2. The van der Waals surface area contributed by atoms with Crippen molar-refractivity contribution in [1.82, 2.24) is 14.9 Å². The van der Waals surface area contributed by atoms with Gasteiger partial charge >= 0.3 is 24.4 Å². The van der Waals surface area contributed by atoms with Gasteiger partial charge in [0, 0.05) is 19.5 Å². The Labute approximate surface area is 277 Å². The zero-order chi connectivity index (χ0) is 35.0. The molecule has 1 N–H and O–H groups in total. The Morgan fingerprint density at radius 3 is 2.21 bits per heavy atom. The van der Waals surface area contributed by atoms with E-state index in [9.17, 15) is 41.0 Å². The van der Waals surface area contributed by atoms with Crippen LogP contribution in [-0.4, -0.2) is 51.2 Å². The lowest BCUT2D eigenvalue weighted by molar-refractivity contribution is -0.143. The number of carboxylic acid groups (broad SMARTS) is 1. The maximum absolute atomic E-state index is 13.6. The number of anilines is 1. The van der Waals surface area contributed by atoms with Gasteiger partial charge in [-0.25, -0.2) is 14.8 Å². The second-order valence-electron chi connectivity index (χ2n) is 12.5. The highest BCUT2D eigenvalue weighted by Gasteiger charge is 2.44. The van der Waals surface area contributed by atoms with Gasteiger partial charge in [0.15, 0.2) is 5.82 Å². The number of aromatic nitrogens is 2. The highest BCUT2D eigenvalue weighted by atomic mass is 32.1. The molecule has 0 spiro atoms. The molecule has 1 saturated carbocycles. The third-order valence-corrected chi connectivity index (χ3v) is 10.1. The SMILES string of the molecule is CCN(C[C@H]1CC[C@H](CC(=O)O)CC1)c1ncc(-c2cc(C)cs2)nc1CN1C(=O)OC(c2cc(C(F)(F)F)cc(C(F)(F)F)c2)[C@@H]1C. The minimum atomic E-state index is -5.05. The molecule has 1 saturated heterocycles. The number of aryl methyl sites for hydroxylation is 1. The van der Waals surface area contributed by atoms with Crippen LogP contribution >= 0.6 is 11.3 Å². The Kier molecular flexibility index (Phi) is 10.3. The Morgan fingerprint density at radius 1 is 1.04 bits per heavy atom. The number of rotatable bonds is 10. The van der Waals surface area contributed by atoms with E-state index in [0.29, 0.717) is 42.4 Å². The van der Waals surface area contributed by atoms with Crippen LogP contribution in [0.4, 0.5) is 37.0 Å². The van der Waals surface area contributed by atoms with Crippen LogP contribution in [0, 0.1) is 18.8 Å². The second-order valence-corrected chi connectivity index (χ2v) is 13.5. The summed E-state index contributed by atoms with van der Waals surface area (Å²) in [6.07, 6.45) is -7.32. The number of nitrogens with zero attached hydrogens (tertiary/aromatic N) is 4. The summed E-state index contributed by atoms with van der Waals surface area (Å²) in [5.41, 5.74) is -1.40. The van der Waals surface area contributed by atoms with Gasteiger partial charge in [-0.1, -0.05) is 0 Å². The van der Waals surface area contributed by atoms with Gasteiger partial charge in [-0.05, 0) is 99.1 Å². The van der Waals surface area contributed by atoms with Crippen LogP contribution in [-0.2, 0) is 28.4 Å². The molecule has 2 atom stereocenters. The number of benzene rings is 1. The maximum Gasteiger partial charge on any atom is 0.416 e. The Balaban J connectivity index is 1.44. The fraction of sp³-hybridized carbons (Fsp3) is 0.515. The lowest BCUT2D eigenvalue weighted by Gasteiger charge is -2.33. The fourth-order valence-electron chi connectivity index (χ4n) is 6.48. The normalized spacial score (nSPS) is 21.8. The van der Waals surface area contributed by atoms with Crippen molar-refractivity contribution in [3.05, 3.63) is 63.8 Å². The summed E-state index contributed by atoms with van der Waals surface area (Å²) in [5.74, 6) is 0.106. The number of alkyl halides is 6. The summed E-state index contributed by atoms with van der Waals surface area (Å²) < 4.78 is 87.1. The first kappa shape index (κ1) is 35.4. The fourth-order valence-corrected chi connectivity index (χ4v) is 7.34. The second kappa shape index (κ2) is 13.9. The predicted octanol–water partition coefficient (Wildman–Crippen LogP) is 8.74. The standard InChI is InChI=1S/C33H36F6N4O4S/c1-4-42(15-21-7-5-20(6-8-21)10-28(44)45)30-26(41-25(14-40-30)27-9-18(2)17-48-27)16-43-19(3)29(47-31(43)46)22-11-23(32(34,35)36)13-24(12-22)33(37,38)39/h9,11-14,17,19-21,29H,4-8,10,15-16H2,1-3H3,(H,44,45)/t19-,20-,21-,29?/m0/s1. The quantitative estimate of drug-likeness (QED) is 0.212. The number of halogens is 6. The molecule has 2 aliphatic rings. The van der Waals surface area contributed by atoms with Gasteiger partial charge < -0.3 is 14.7 Å². The number of hydrogen-bond donors (Lipinski definition) is 1. The van der Waals surface area contributed by atoms with Crippen LogP contribution < -0.4 is 4.90 Å². The van der Waals surface area contributed by atoms with E-state index in [0.717, 1.165) is 36.1 Å². The molecule has 48 heavy (non-hydrogen) atoms. The molecule has 3 heterocycles. The summed E-state index contributed by atoms with van der Waals surface area (Å²) in [6, 6.07) is 2.22. The van der Waals surface area contributed by atoms with E-state index in [-0.39, 0.29) is 30.9 Å². The maximum atomic E-state index is 13.6. The molecule has 1 aromatic carbocycles. The highest BCUT2D eigenvalue weighted by molar-refractivity contribution is 7.13. The Morgan fingerprint density at radius 2 is 1.67 bits per heavy atom.